The molecular formula is C17H25IN4O2S. The number of rotatable bonds is 8. The molecule has 0 spiro atoms. The minimum absolute atomic E-state index is 0. The van der Waals surface area contributed by atoms with Crippen LogP contribution in [0.4, 0.5) is 0 Å². The smallest absolute Gasteiger partial charge is 0.188 e. The first kappa shape index (κ1) is 21.5. The van der Waals surface area contributed by atoms with Gasteiger partial charge in [-0.3, -0.25) is 0 Å². The summed E-state index contributed by atoms with van der Waals surface area (Å²) in [5.41, 5.74) is 8.01. The second kappa shape index (κ2) is 11.1. The van der Waals surface area contributed by atoms with E-state index in [1.807, 2.05) is 18.2 Å². The molecule has 0 bridgehead atoms. The Kier molecular flexibility index (Phi) is 9.58. The molecule has 2 rings (SSSR count). The second-order valence-electron chi connectivity index (χ2n) is 5.15. The van der Waals surface area contributed by atoms with Crippen molar-refractivity contribution in [3.63, 3.8) is 0 Å². The van der Waals surface area contributed by atoms with Crippen molar-refractivity contribution in [2.45, 2.75) is 26.3 Å². The highest BCUT2D eigenvalue weighted by atomic mass is 127. The molecule has 0 aliphatic heterocycles. The Bertz CT molecular complexity index is 691. The Hall–Kier alpha value is -1.55. The van der Waals surface area contributed by atoms with Crippen molar-refractivity contribution in [3.8, 4) is 11.5 Å². The van der Waals surface area contributed by atoms with Gasteiger partial charge in [-0.2, -0.15) is 0 Å². The Labute approximate surface area is 169 Å². The van der Waals surface area contributed by atoms with Gasteiger partial charge in [-0.25, -0.2) is 9.98 Å². The summed E-state index contributed by atoms with van der Waals surface area (Å²) in [6.07, 6.45) is 1.82. The minimum atomic E-state index is 0. The fourth-order valence-electron chi connectivity index (χ4n) is 2.16. The van der Waals surface area contributed by atoms with Crippen LogP contribution in [0.3, 0.4) is 0 Å². The van der Waals surface area contributed by atoms with Crippen LogP contribution in [0.5, 0.6) is 11.5 Å². The number of nitrogens with one attached hydrogen (secondary N) is 1. The maximum Gasteiger partial charge on any atom is 0.188 e. The summed E-state index contributed by atoms with van der Waals surface area (Å²) < 4.78 is 10.5. The summed E-state index contributed by atoms with van der Waals surface area (Å²) in [6, 6.07) is 5.71. The molecule has 1 aromatic heterocycles. The fraction of sp³-hybridized carbons (Fsp3) is 0.412. The van der Waals surface area contributed by atoms with Gasteiger partial charge in [0, 0.05) is 18.3 Å². The number of benzene rings is 1. The first-order valence-corrected chi connectivity index (χ1v) is 8.72. The van der Waals surface area contributed by atoms with Crippen LogP contribution in [0.25, 0.3) is 0 Å². The van der Waals surface area contributed by atoms with Crippen LogP contribution < -0.4 is 20.5 Å². The Morgan fingerprint density at radius 3 is 2.68 bits per heavy atom. The molecular weight excluding hydrogens is 451 g/mol. The minimum Gasteiger partial charge on any atom is -0.493 e. The predicted molar refractivity (Wildman–Crippen MR) is 113 cm³/mol. The van der Waals surface area contributed by atoms with E-state index in [4.69, 9.17) is 15.2 Å². The van der Waals surface area contributed by atoms with E-state index in [0.29, 0.717) is 30.5 Å². The van der Waals surface area contributed by atoms with E-state index < -0.39 is 0 Å². The molecule has 8 heteroatoms. The molecule has 0 saturated heterocycles. The van der Waals surface area contributed by atoms with E-state index in [9.17, 15) is 0 Å². The molecule has 3 N–H and O–H groups in total. The molecule has 2 aromatic rings. The first-order valence-electron chi connectivity index (χ1n) is 7.84. The summed E-state index contributed by atoms with van der Waals surface area (Å²) in [4.78, 5) is 8.87. The monoisotopic (exact) mass is 476 g/mol. The number of halogens is 1. The van der Waals surface area contributed by atoms with Crippen molar-refractivity contribution in [2.75, 3.05) is 20.8 Å². The van der Waals surface area contributed by atoms with Gasteiger partial charge >= 0.3 is 0 Å². The number of hydrogen-bond acceptors (Lipinski definition) is 5. The topological polar surface area (TPSA) is 81.8 Å². The Morgan fingerprint density at radius 2 is 2.04 bits per heavy atom. The largest absolute Gasteiger partial charge is 0.493 e. The number of nitrogens with zero attached hydrogens (tertiary/aromatic N) is 2. The number of guanidine groups is 1. The van der Waals surface area contributed by atoms with E-state index in [-0.39, 0.29) is 24.0 Å². The Balaban J connectivity index is 0.00000312. The lowest BCUT2D eigenvalue weighted by Gasteiger charge is -2.09. The van der Waals surface area contributed by atoms with Gasteiger partial charge in [0.1, 0.15) is 0 Å². The van der Waals surface area contributed by atoms with E-state index in [1.54, 1.807) is 25.6 Å². The van der Waals surface area contributed by atoms with Gasteiger partial charge in [-0.05, 0) is 24.1 Å². The molecule has 138 valence electrons. The van der Waals surface area contributed by atoms with Crippen LogP contribution >= 0.6 is 35.3 Å². The molecule has 0 radical (unpaired) electrons. The molecule has 0 unspecified atom stereocenters. The standard InChI is InChI=1S/C17H24N4O2S.HI/c1-4-16-21-13(11-24-16)7-8-19-17(18)20-10-12-5-6-14(22-2)15(9-12)23-3;/h5-6,9,11H,4,7-8,10H2,1-3H3,(H3,18,19,20);1H. The molecule has 1 aromatic carbocycles. The zero-order valence-electron chi connectivity index (χ0n) is 14.7. The quantitative estimate of drug-likeness (QED) is 0.348. The third kappa shape index (κ3) is 6.69. The number of nitrogens with two attached hydrogens (primary N) is 1. The van der Waals surface area contributed by atoms with Crippen LogP contribution in [0, 0.1) is 0 Å². The van der Waals surface area contributed by atoms with Crippen molar-refractivity contribution in [2.24, 2.45) is 10.7 Å². The third-order valence-electron chi connectivity index (χ3n) is 3.47. The average molecular weight is 476 g/mol. The van der Waals surface area contributed by atoms with Crippen LogP contribution in [-0.2, 0) is 19.4 Å². The van der Waals surface area contributed by atoms with Crippen molar-refractivity contribution >= 4 is 41.3 Å². The number of aliphatic imine (C=N–C) groups is 1. The van der Waals surface area contributed by atoms with Gasteiger partial charge in [0.05, 0.1) is 31.5 Å². The van der Waals surface area contributed by atoms with Gasteiger partial charge in [0.25, 0.3) is 0 Å². The maximum atomic E-state index is 5.91. The number of aromatic nitrogens is 1. The lowest BCUT2D eigenvalue weighted by atomic mass is 10.2. The molecule has 25 heavy (non-hydrogen) atoms. The van der Waals surface area contributed by atoms with Crippen LogP contribution in [-0.4, -0.2) is 31.7 Å². The van der Waals surface area contributed by atoms with Crippen LogP contribution in [0.2, 0.25) is 0 Å². The summed E-state index contributed by atoms with van der Waals surface area (Å²) in [6.45, 7) is 3.31. The van der Waals surface area contributed by atoms with Crippen molar-refractivity contribution in [1.29, 1.82) is 0 Å². The third-order valence-corrected chi connectivity index (χ3v) is 4.51. The van der Waals surface area contributed by atoms with E-state index >= 15 is 0 Å². The molecule has 0 amide bonds. The number of ether oxygens (including phenoxy) is 2. The predicted octanol–water partition coefficient (Wildman–Crippen LogP) is 2.99. The van der Waals surface area contributed by atoms with Gasteiger partial charge in [0.2, 0.25) is 0 Å². The van der Waals surface area contributed by atoms with Crippen LogP contribution in [0.15, 0.2) is 28.6 Å². The summed E-state index contributed by atoms with van der Waals surface area (Å²) >= 11 is 1.70. The lowest BCUT2D eigenvalue weighted by Crippen LogP contribution is -2.33. The highest BCUT2D eigenvalue weighted by Crippen LogP contribution is 2.27. The molecule has 0 fully saturated rings. The van der Waals surface area contributed by atoms with Crippen molar-refractivity contribution < 1.29 is 9.47 Å². The number of aryl methyl sites for hydroxylation is 1. The first-order chi connectivity index (χ1) is 11.7. The molecule has 0 aliphatic carbocycles. The number of methoxy groups -OCH3 is 2. The van der Waals surface area contributed by atoms with Gasteiger partial charge in [-0.15, -0.1) is 35.3 Å². The van der Waals surface area contributed by atoms with E-state index in [1.165, 1.54) is 5.01 Å². The van der Waals surface area contributed by atoms with Gasteiger partial charge in [0.15, 0.2) is 17.5 Å². The SMILES string of the molecule is CCc1nc(CCNC(N)=NCc2ccc(OC)c(OC)c2)cs1.I. The average Bonchev–Trinajstić information content (AvgIpc) is 3.07. The fourth-order valence-corrected chi connectivity index (χ4v) is 2.94. The molecule has 1 heterocycles. The van der Waals surface area contributed by atoms with Crippen LogP contribution in [0.1, 0.15) is 23.2 Å². The molecule has 6 nitrogen and oxygen atoms in total. The number of hydrogen-bond donors (Lipinski definition) is 2. The highest BCUT2D eigenvalue weighted by Gasteiger charge is 2.04. The Morgan fingerprint density at radius 1 is 1.28 bits per heavy atom. The summed E-state index contributed by atoms with van der Waals surface area (Å²) in [7, 11) is 3.23. The lowest BCUT2D eigenvalue weighted by molar-refractivity contribution is 0.354. The second-order valence-corrected chi connectivity index (χ2v) is 6.10. The van der Waals surface area contributed by atoms with E-state index in [2.05, 4.69) is 27.6 Å². The normalized spacial score (nSPS) is 10.9. The highest BCUT2D eigenvalue weighted by molar-refractivity contribution is 14.0. The van der Waals surface area contributed by atoms with Gasteiger partial charge in [-0.1, -0.05) is 13.0 Å². The number of thiazole rings is 1. The van der Waals surface area contributed by atoms with Crippen molar-refractivity contribution in [1.82, 2.24) is 10.3 Å². The van der Waals surface area contributed by atoms with Crippen molar-refractivity contribution in [3.05, 3.63) is 39.8 Å². The summed E-state index contributed by atoms with van der Waals surface area (Å²) in [5, 5.41) is 6.38. The van der Waals surface area contributed by atoms with E-state index in [0.717, 1.165) is 24.1 Å². The van der Waals surface area contributed by atoms with Gasteiger partial charge < -0.3 is 20.5 Å². The molecule has 0 atom stereocenters. The molecule has 0 aliphatic rings. The molecule has 0 saturated carbocycles. The summed E-state index contributed by atoms with van der Waals surface area (Å²) in [5.74, 6) is 1.81. The zero-order valence-corrected chi connectivity index (χ0v) is 17.9. The maximum absolute atomic E-state index is 5.91. The zero-order chi connectivity index (χ0) is 17.4.